The predicted octanol–water partition coefficient (Wildman–Crippen LogP) is 5.83. The minimum Gasteiger partial charge on any atom is -0.314 e. The highest BCUT2D eigenvalue weighted by atomic mass is 19.1. The molecular weight excluding hydrogens is 261 g/mol. The third-order valence-electron chi connectivity index (χ3n) is 3.21. The van der Waals surface area contributed by atoms with Crippen LogP contribution in [0.25, 0.3) is 0 Å². The lowest BCUT2D eigenvalue weighted by Crippen LogP contribution is -2.16. The van der Waals surface area contributed by atoms with Gasteiger partial charge in [-0.2, -0.15) is 0 Å². The van der Waals surface area contributed by atoms with E-state index in [-0.39, 0.29) is 5.82 Å². The molecule has 0 fully saturated rings. The standard InChI is InChI=1S/C19H20FN/c1-3-5-11-17(4-2)21(18-12-7-6-8-13-18)19-14-9-10-16(20)15-19/h3,5-15H,4H2,1-2H3/b5-3-,17-11+. The molecule has 2 aromatic carbocycles. The van der Waals surface area contributed by atoms with Crippen LogP contribution in [0.5, 0.6) is 0 Å². The van der Waals surface area contributed by atoms with Gasteiger partial charge in [-0.25, -0.2) is 4.39 Å². The molecule has 0 radical (unpaired) electrons. The van der Waals surface area contributed by atoms with E-state index in [1.165, 1.54) is 6.07 Å². The molecule has 0 amide bonds. The first-order chi connectivity index (χ1) is 10.3. The summed E-state index contributed by atoms with van der Waals surface area (Å²) in [5, 5.41) is 0. The second kappa shape index (κ2) is 7.44. The summed E-state index contributed by atoms with van der Waals surface area (Å²) in [7, 11) is 0. The highest BCUT2D eigenvalue weighted by Gasteiger charge is 2.13. The first-order valence-electron chi connectivity index (χ1n) is 7.19. The number of benzene rings is 2. The monoisotopic (exact) mass is 281 g/mol. The molecule has 0 aliphatic carbocycles. The molecule has 0 heterocycles. The Hall–Kier alpha value is -2.35. The molecule has 0 saturated heterocycles. The Balaban J connectivity index is 2.54. The normalized spacial score (nSPS) is 11.9. The molecule has 2 aromatic rings. The van der Waals surface area contributed by atoms with E-state index in [9.17, 15) is 4.39 Å². The molecule has 0 saturated carbocycles. The van der Waals surface area contributed by atoms with Crippen molar-refractivity contribution >= 4 is 11.4 Å². The Morgan fingerprint density at radius 2 is 1.76 bits per heavy atom. The number of halogens is 1. The molecule has 2 heteroatoms. The Morgan fingerprint density at radius 1 is 1.05 bits per heavy atom. The van der Waals surface area contributed by atoms with Crippen LogP contribution in [0, 0.1) is 5.82 Å². The van der Waals surface area contributed by atoms with Crippen molar-refractivity contribution in [2.75, 3.05) is 4.90 Å². The molecule has 2 rings (SSSR count). The summed E-state index contributed by atoms with van der Waals surface area (Å²) in [5.74, 6) is -0.227. The second-order valence-corrected chi connectivity index (χ2v) is 4.69. The zero-order valence-electron chi connectivity index (χ0n) is 12.5. The van der Waals surface area contributed by atoms with E-state index in [1.54, 1.807) is 12.1 Å². The Morgan fingerprint density at radius 3 is 2.38 bits per heavy atom. The van der Waals surface area contributed by atoms with E-state index in [4.69, 9.17) is 0 Å². The quantitative estimate of drug-likeness (QED) is 0.623. The van der Waals surface area contributed by atoms with Crippen LogP contribution in [-0.2, 0) is 0 Å². The van der Waals surface area contributed by atoms with Crippen molar-refractivity contribution in [3.8, 4) is 0 Å². The molecule has 108 valence electrons. The summed E-state index contributed by atoms with van der Waals surface area (Å²) in [5.41, 5.74) is 2.98. The number of hydrogen-bond acceptors (Lipinski definition) is 1. The van der Waals surface area contributed by atoms with Gasteiger partial charge in [0, 0.05) is 17.1 Å². The van der Waals surface area contributed by atoms with Crippen molar-refractivity contribution in [3.05, 3.63) is 84.3 Å². The lowest BCUT2D eigenvalue weighted by Gasteiger charge is -2.27. The molecule has 21 heavy (non-hydrogen) atoms. The molecule has 0 spiro atoms. The van der Waals surface area contributed by atoms with Gasteiger partial charge in [0.1, 0.15) is 5.82 Å². The molecule has 0 aliphatic rings. The molecule has 0 N–H and O–H groups in total. The van der Waals surface area contributed by atoms with E-state index in [2.05, 4.69) is 17.9 Å². The molecule has 0 aliphatic heterocycles. The highest BCUT2D eigenvalue weighted by molar-refractivity contribution is 5.68. The second-order valence-electron chi connectivity index (χ2n) is 4.69. The maximum Gasteiger partial charge on any atom is 0.125 e. The lowest BCUT2D eigenvalue weighted by molar-refractivity contribution is 0.628. The maximum absolute atomic E-state index is 13.6. The molecule has 0 atom stereocenters. The minimum absolute atomic E-state index is 0.227. The van der Waals surface area contributed by atoms with Crippen LogP contribution in [-0.4, -0.2) is 0 Å². The fourth-order valence-electron chi connectivity index (χ4n) is 2.23. The van der Waals surface area contributed by atoms with E-state index in [0.29, 0.717) is 0 Å². The number of anilines is 2. The van der Waals surface area contributed by atoms with Gasteiger partial charge in [-0.3, -0.25) is 0 Å². The summed E-state index contributed by atoms with van der Waals surface area (Å²) >= 11 is 0. The van der Waals surface area contributed by atoms with Crippen LogP contribution in [0.4, 0.5) is 15.8 Å². The summed E-state index contributed by atoms with van der Waals surface area (Å²) < 4.78 is 13.6. The first kappa shape index (κ1) is 15.0. The fraction of sp³-hybridized carbons (Fsp3) is 0.158. The van der Waals surface area contributed by atoms with Gasteiger partial charge in [-0.1, -0.05) is 43.3 Å². The molecule has 0 aromatic heterocycles. The summed E-state index contributed by atoms with van der Waals surface area (Å²) in [6.45, 7) is 4.09. The number of hydrogen-bond donors (Lipinski definition) is 0. The summed E-state index contributed by atoms with van der Waals surface area (Å²) in [6.07, 6.45) is 6.92. The van der Waals surface area contributed by atoms with Crippen LogP contribution >= 0.6 is 0 Å². The van der Waals surface area contributed by atoms with E-state index >= 15 is 0 Å². The lowest BCUT2D eigenvalue weighted by atomic mass is 10.1. The summed E-state index contributed by atoms with van der Waals surface area (Å²) in [4.78, 5) is 2.09. The van der Waals surface area contributed by atoms with Crippen LogP contribution < -0.4 is 4.90 Å². The van der Waals surface area contributed by atoms with Crippen LogP contribution in [0.1, 0.15) is 20.3 Å². The topological polar surface area (TPSA) is 3.24 Å². The van der Waals surface area contributed by atoms with Crippen molar-refractivity contribution in [2.24, 2.45) is 0 Å². The van der Waals surface area contributed by atoms with Gasteiger partial charge in [-0.15, -0.1) is 0 Å². The van der Waals surface area contributed by atoms with Gasteiger partial charge >= 0.3 is 0 Å². The zero-order chi connectivity index (χ0) is 15.1. The van der Waals surface area contributed by atoms with Crippen LogP contribution in [0.3, 0.4) is 0 Å². The first-order valence-corrected chi connectivity index (χ1v) is 7.19. The van der Waals surface area contributed by atoms with Gasteiger partial charge in [-0.05, 0) is 49.8 Å². The maximum atomic E-state index is 13.6. The van der Waals surface area contributed by atoms with Gasteiger partial charge in [0.25, 0.3) is 0 Å². The molecule has 1 nitrogen and oxygen atoms in total. The smallest absolute Gasteiger partial charge is 0.125 e. The van der Waals surface area contributed by atoms with Crippen molar-refractivity contribution in [1.29, 1.82) is 0 Å². The minimum atomic E-state index is -0.227. The van der Waals surface area contributed by atoms with E-state index < -0.39 is 0 Å². The number of nitrogens with zero attached hydrogens (tertiary/aromatic N) is 1. The fourth-order valence-corrected chi connectivity index (χ4v) is 2.23. The molecular formula is C19H20FN. The van der Waals surface area contributed by atoms with E-state index in [0.717, 1.165) is 23.5 Å². The Labute approximate surface area is 126 Å². The van der Waals surface area contributed by atoms with Crippen LogP contribution in [0.15, 0.2) is 78.5 Å². The third kappa shape index (κ3) is 3.82. The third-order valence-corrected chi connectivity index (χ3v) is 3.21. The number of allylic oxidation sites excluding steroid dienone is 4. The van der Waals surface area contributed by atoms with Gasteiger partial charge in [0.05, 0.1) is 0 Å². The van der Waals surface area contributed by atoms with Crippen molar-refractivity contribution < 1.29 is 4.39 Å². The highest BCUT2D eigenvalue weighted by Crippen LogP contribution is 2.31. The average molecular weight is 281 g/mol. The Bertz CT molecular complexity index is 629. The Kier molecular flexibility index (Phi) is 5.33. The molecule has 0 bridgehead atoms. The van der Waals surface area contributed by atoms with Crippen molar-refractivity contribution in [2.45, 2.75) is 20.3 Å². The number of para-hydroxylation sites is 1. The van der Waals surface area contributed by atoms with Crippen molar-refractivity contribution in [1.82, 2.24) is 0 Å². The summed E-state index contributed by atoms with van der Waals surface area (Å²) in [6, 6.07) is 16.7. The van der Waals surface area contributed by atoms with Crippen LogP contribution in [0.2, 0.25) is 0 Å². The van der Waals surface area contributed by atoms with Crippen molar-refractivity contribution in [3.63, 3.8) is 0 Å². The van der Waals surface area contributed by atoms with E-state index in [1.807, 2.05) is 55.5 Å². The predicted molar refractivity (Wildman–Crippen MR) is 88.2 cm³/mol. The molecule has 0 unspecified atom stereocenters. The SMILES string of the molecule is C/C=C\C=C(/CC)N(c1ccccc1)c1cccc(F)c1. The van der Waals surface area contributed by atoms with Gasteiger partial charge in [0.2, 0.25) is 0 Å². The number of rotatable bonds is 5. The largest absolute Gasteiger partial charge is 0.314 e. The van der Waals surface area contributed by atoms with Gasteiger partial charge in [0.15, 0.2) is 0 Å². The zero-order valence-corrected chi connectivity index (χ0v) is 12.5. The van der Waals surface area contributed by atoms with Gasteiger partial charge < -0.3 is 4.90 Å². The average Bonchev–Trinajstić information content (AvgIpc) is 2.52.